The summed E-state index contributed by atoms with van der Waals surface area (Å²) in [5.41, 5.74) is 2.66. The van der Waals surface area contributed by atoms with E-state index in [-0.39, 0.29) is 6.04 Å². The lowest BCUT2D eigenvalue weighted by Gasteiger charge is -2.22. The van der Waals surface area contributed by atoms with E-state index in [2.05, 4.69) is 58.6 Å². The van der Waals surface area contributed by atoms with Crippen LogP contribution in [0.1, 0.15) is 57.6 Å². The standard InChI is InChI=1S/C19H32N4/c1-4-5-6-12-21-19(20-3)22-16(2)17-10-9-11-18(15-17)23-13-7-8-14-23/h9-11,15-16H,4-8,12-14H2,1-3H3,(H2,20,21,22). The zero-order chi connectivity index (χ0) is 16.5. The smallest absolute Gasteiger partial charge is 0.191 e. The molecule has 128 valence electrons. The van der Waals surface area contributed by atoms with Gasteiger partial charge in [-0.05, 0) is 43.9 Å². The SMILES string of the molecule is CCCCCNC(=NC)NC(C)c1cccc(N2CCCC2)c1. The number of hydrogen-bond donors (Lipinski definition) is 2. The Balaban J connectivity index is 1.91. The Hall–Kier alpha value is -1.71. The second-order valence-electron chi connectivity index (χ2n) is 6.36. The van der Waals surface area contributed by atoms with Gasteiger partial charge in [0.25, 0.3) is 0 Å². The molecule has 0 aliphatic carbocycles. The molecule has 4 nitrogen and oxygen atoms in total. The number of anilines is 1. The Morgan fingerprint density at radius 2 is 2.04 bits per heavy atom. The molecule has 1 atom stereocenters. The average molecular weight is 316 g/mol. The molecule has 0 spiro atoms. The normalized spacial score (nSPS) is 16.5. The molecule has 0 bridgehead atoms. The number of nitrogens with zero attached hydrogens (tertiary/aromatic N) is 2. The molecule has 1 saturated heterocycles. The van der Waals surface area contributed by atoms with Crippen LogP contribution in [0.4, 0.5) is 5.69 Å². The molecule has 1 aliphatic heterocycles. The first-order chi connectivity index (χ1) is 11.2. The Morgan fingerprint density at radius 3 is 2.74 bits per heavy atom. The van der Waals surface area contributed by atoms with Crippen LogP contribution < -0.4 is 15.5 Å². The van der Waals surface area contributed by atoms with E-state index in [0.717, 1.165) is 12.5 Å². The second kappa shape index (κ2) is 9.43. The van der Waals surface area contributed by atoms with Crippen LogP contribution in [0.15, 0.2) is 29.3 Å². The molecule has 1 unspecified atom stereocenters. The number of hydrogen-bond acceptors (Lipinski definition) is 2. The highest BCUT2D eigenvalue weighted by Crippen LogP contribution is 2.23. The first-order valence-corrected chi connectivity index (χ1v) is 9.06. The highest BCUT2D eigenvalue weighted by atomic mass is 15.2. The number of benzene rings is 1. The van der Waals surface area contributed by atoms with E-state index < -0.39 is 0 Å². The number of rotatable bonds is 7. The van der Waals surface area contributed by atoms with E-state index in [9.17, 15) is 0 Å². The van der Waals surface area contributed by atoms with Crippen LogP contribution in [0.2, 0.25) is 0 Å². The second-order valence-corrected chi connectivity index (χ2v) is 6.36. The molecule has 1 aromatic carbocycles. The summed E-state index contributed by atoms with van der Waals surface area (Å²) in [7, 11) is 1.84. The van der Waals surface area contributed by atoms with Gasteiger partial charge in [0.1, 0.15) is 0 Å². The Labute approximate surface area is 141 Å². The van der Waals surface area contributed by atoms with Crippen molar-refractivity contribution in [2.45, 2.75) is 52.0 Å². The van der Waals surface area contributed by atoms with Crippen molar-refractivity contribution in [3.63, 3.8) is 0 Å². The Kier molecular flexibility index (Phi) is 7.24. The van der Waals surface area contributed by atoms with Gasteiger partial charge in [-0.25, -0.2) is 0 Å². The van der Waals surface area contributed by atoms with Crippen molar-refractivity contribution in [3.8, 4) is 0 Å². The molecular formula is C19H32N4. The van der Waals surface area contributed by atoms with Crippen molar-refractivity contribution < 1.29 is 0 Å². The van der Waals surface area contributed by atoms with E-state index in [1.807, 2.05) is 7.05 Å². The van der Waals surface area contributed by atoms with E-state index in [1.165, 1.54) is 56.4 Å². The van der Waals surface area contributed by atoms with Crippen molar-refractivity contribution in [1.82, 2.24) is 10.6 Å². The summed E-state index contributed by atoms with van der Waals surface area (Å²) >= 11 is 0. The van der Waals surface area contributed by atoms with E-state index in [4.69, 9.17) is 0 Å². The van der Waals surface area contributed by atoms with Crippen LogP contribution in [0.3, 0.4) is 0 Å². The Morgan fingerprint density at radius 1 is 1.26 bits per heavy atom. The van der Waals surface area contributed by atoms with Crippen molar-refractivity contribution in [2.75, 3.05) is 31.6 Å². The van der Waals surface area contributed by atoms with Gasteiger partial charge in [-0.1, -0.05) is 31.9 Å². The van der Waals surface area contributed by atoms with Crippen LogP contribution >= 0.6 is 0 Å². The van der Waals surface area contributed by atoms with Crippen LogP contribution in [0, 0.1) is 0 Å². The number of aliphatic imine (C=N–C) groups is 1. The zero-order valence-corrected chi connectivity index (χ0v) is 14.9. The van der Waals surface area contributed by atoms with Gasteiger partial charge >= 0.3 is 0 Å². The Bertz CT molecular complexity index is 492. The van der Waals surface area contributed by atoms with Crippen molar-refractivity contribution in [1.29, 1.82) is 0 Å². The van der Waals surface area contributed by atoms with Gasteiger partial charge in [0.05, 0.1) is 6.04 Å². The number of nitrogens with one attached hydrogen (secondary N) is 2. The fraction of sp³-hybridized carbons (Fsp3) is 0.632. The maximum absolute atomic E-state index is 4.34. The molecule has 2 rings (SSSR count). The van der Waals surface area contributed by atoms with Crippen molar-refractivity contribution >= 4 is 11.6 Å². The first-order valence-electron chi connectivity index (χ1n) is 9.06. The maximum atomic E-state index is 4.34. The third-order valence-electron chi connectivity index (χ3n) is 4.49. The minimum absolute atomic E-state index is 0.245. The molecule has 4 heteroatoms. The summed E-state index contributed by atoms with van der Waals surface area (Å²) in [6.07, 6.45) is 6.32. The summed E-state index contributed by atoms with van der Waals surface area (Å²) in [6.45, 7) is 7.77. The predicted octanol–water partition coefficient (Wildman–Crippen LogP) is 3.70. The van der Waals surface area contributed by atoms with Gasteiger partial charge in [-0.2, -0.15) is 0 Å². The lowest BCUT2D eigenvalue weighted by atomic mass is 10.1. The molecule has 0 radical (unpaired) electrons. The van der Waals surface area contributed by atoms with Gasteiger partial charge < -0.3 is 15.5 Å². The molecule has 1 fully saturated rings. The number of unbranched alkanes of at least 4 members (excludes halogenated alkanes) is 2. The fourth-order valence-electron chi connectivity index (χ4n) is 3.03. The quantitative estimate of drug-likeness (QED) is 0.458. The fourth-order valence-corrected chi connectivity index (χ4v) is 3.03. The van der Waals surface area contributed by atoms with Crippen LogP contribution in [-0.4, -0.2) is 32.6 Å². The molecule has 0 saturated carbocycles. The van der Waals surface area contributed by atoms with Gasteiger partial charge in [0.15, 0.2) is 5.96 Å². The first kappa shape index (κ1) is 17.6. The minimum Gasteiger partial charge on any atom is -0.372 e. The lowest BCUT2D eigenvalue weighted by molar-refractivity contribution is 0.654. The molecule has 1 heterocycles. The molecule has 0 amide bonds. The predicted molar refractivity (Wildman–Crippen MR) is 100 cm³/mol. The average Bonchev–Trinajstić information content (AvgIpc) is 3.12. The van der Waals surface area contributed by atoms with Crippen LogP contribution in [-0.2, 0) is 0 Å². The largest absolute Gasteiger partial charge is 0.372 e. The molecule has 0 aromatic heterocycles. The summed E-state index contributed by atoms with van der Waals surface area (Å²) in [4.78, 5) is 6.82. The molecule has 23 heavy (non-hydrogen) atoms. The van der Waals surface area contributed by atoms with E-state index in [1.54, 1.807) is 0 Å². The van der Waals surface area contributed by atoms with Crippen LogP contribution in [0.5, 0.6) is 0 Å². The van der Waals surface area contributed by atoms with Gasteiger partial charge in [-0.3, -0.25) is 4.99 Å². The lowest BCUT2D eigenvalue weighted by Crippen LogP contribution is -2.39. The zero-order valence-electron chi connectivity index (χ0n) is 14.9. The maximum Gasteiger partial charge on any atom is 0.191 e. The monoisotopic (exact) mass is 316 g/mol. The van der Waals surface area contributed by atoms with Gasteiger partial charge in [-0.15, -0.1) is 0 Å². The third-order valence-corrected chi connectivity index (χ3v) is 4.49. The van der Waals surface area contributed by atoms with Crippen molar-refractivity contribution in [3.05, 3.63) is 29.8 Å². The minimum atomic E-state index is 0.245. The summed E-state index contributed by atoms with van der Waals surface area (Å²) in [5, 5.41) is 6.90. The summed E-state index contributed by atoms with van der Waals surface area (Å²) in [6, 6.07) is 9.14. The van der Waals surface area contributed by atoms with E-state index in [0.29, 0.717) is 0 Å². The molecule has 2 N–H and O–H groups in total. The van der Waals surface area contributed by atoms with Gasteiger partial charge in [0.2, 0.25) is 0 Å². The van der Waals surface area contributed by atoms with Crippen LogP contribution in [0.25, 0.3) is 0 Å². The molecule has 1 aromatic rings. The summed E-state index contributed by atoms with van der Waals surface area (Å²) in [5.74, 6) is 0.889. The highest BCUT2D eigenvalue weighted by Gasteiger charge is 2.14. The number of guanidine groups is 1. The third kappa shape index (κ3) is 5.45. The molecule has 1 aliphatic rings. The highest BCUT2D eigenvalue weighted by molar-refractivity contribution is 5.80. The van der Waals surface area contributed by atoms with Gasteiger partial charge in [0, 0.05) is 32.4 Å². The molecular weight excluding hydrogens is 284 g/mol. The topological polar surface area (TPSA) is 39.7 Å². The van der Waals surface area contributed by atoms with Crippen molar-refractivity contribution in [2.24, 2.45) is 4.99 Å². The summed E-state index contributed by atoms with van der Waals surface area (Å²) < 4.78 is 0. The van der Waals surface area contributed by atoms with E-state index >= 15 is 0 Å².